The minimum Gasteiger partial charge on any atom is -0.396 e. The summed E-state index contributed by atoms with van der Waals surface area (Å²) in [6.45, 7) is 2.81. The third-order valence-electron chi connectivity index (χ3n) is 4.15. The van der Waals surface area contributed by atoms with Crippen molar-refractivity contribution in [2.45, 2.75) is 44.9 Å². The number of aliphatic hydroxyl groups is 1. The Morgan fingerprint density at radius 1 is 1.07 bits per heavy atom. The Bertz CT molecular complexity index is 171. The topological polar surface area (TPSA) is 32.3 Å². The molecular weight excluding hydrogens is 186 g/mol. The number of nitrogens with one attached hydrogen (secondary N) is 1. The van der Waals surface area contributed by atoms with Crippen molar-refractivity contribution in [1.29, 1.82) is 0 Å². The third kappa shape index (κ3) is 3.46. The largest absolute Gasteiger partial charge is 0.396 e. The number of hydrogen-bond donors (Lipinski definition) is 2. The molecule has 2 aliphatic rings. The summed E-state index contributed by atoms with van der Waals surface area (Å²) in [6, 6.07) is 0. The maximum absolute atomic E-state index is 8.96. The van der Waals surface area contributed by atoms with Crippen molar-refractivity contribution < 1.29 is 5.11 Å². The molecule has 2 rings (SSSR count). The summed E-state index contributed by atoms with van der Waals surface area (Å²) in [4.78, 5) is 0. The molecule has 2 fully saturated rings. The SMILES string of the molecule is OCCCC(C1CCCNCC1)C1CC1. The minimum absolute atomic E-state index is 0.383. The van der Waals surface area contributed by atoms with E-state index >= 15 is 0 Å². The van der Waals surface area contributed by atoms with Gasteiger partial charge in [0.05, 0.1) is 0 Å². The van der Waals surface area contributed by atoms with Crippen LogP contribution in [0.5, 0.6) is 0 Å². The van der Waals surface area contributed by atoms with Gasteiger partial charge in [0.1, 0.15) is 0 Å². The van der Waals surface area contributed by atoms with Gasteiger partial charge in [-0.1, -0.05) is 0 Å². The van der Waals surface area contributed by atoms with Gasteiger partial charge in [-0.05, 0) is 75.8 Å². The molecule has 0 radical (unpaired) electrons. The molecule has 0 aromatic rings. The standard InChI is InChI=1S/C13H25NO/c15-10-2-4-13(12-5-6-12)11-3-1-8-14-9-7-11/h11-15H,1-10H2. The van der Waals surface area contributed by atoms with Crippen LogP contribution in [0.2, 0.25) is 0 Å². The number of hydrogen-bond acceptors (Lipinski definition) is 2. The molecular formula is C13H25NO. The van der Waals surface area contributed by atoms with Gasteiger partial charge in [-0.15, -0.1) is 0 Å². The van der Waals surface area contributed by atoms with E-state index in [0.29, 0.717) is 6.61 Å². The molecule has 0 bridgehead atoms. The average Bonchev–Trinajstić information content (AvgIpc) is 3.05. The first-order chi connectivity index (χ1) is 7.42. The average molecular weight is 211 g/mol. The predicted molar refractivity (Wildman–Crippen MR) is 62.7 cm³/mol. The number of rotatable bonds is 5. The predicted octanol–water partition coefficient (Wildman–Crippen LogP) is 2.17. The van der Waals surface area contributed by atoms with Crippen molar-refractivity contribution in [3.05, 3.63) is 0 Å². The Hall–Kier alpha value is -0.0800. The molecule has 1 saturated carbocycles. The van der Waals surface area contributed by atoms with Gasteiger partial charge in [-0.3, -0.25) is 0 Å². The van der Waals surface area contributed by atoms with Crippen LogP contribution in [0, 0.1) is 17.8 Å². The molecule has 15 heavy (non-hydrogen) atoms. The molecule has 2 heteroatoms. The second-order valence-corrected chi connectivity index (χ2v) is 5.31. The fraction of sp³-hybridized carbons (Fsp3) is 1.00. The molecule has 88 valence electrons. The van der Waals surface area contributed by atoms with E-state index in [2.05, 4.69) is 5.32 Å². The van der Waals surface area contributed by atoms with Gasteiger partial charge in [-0.2, -0.15) is 0 Å². The molecule has 0 aromatic heterocycles. The Morgan fingerprint density at radius 2 is 1.87 bits per heavy atom. The molecule has 1 saturated heterocycles. The Morgan fingerprint density at radius 3 is 2.60 bits per heavy atom. The second-order valence-electron chi connectivity index (χ2n) is 5.31. The van der Waals surface area contributed by atoms with Gasteiger partial charge in [0.2, 0.25) is 0 Å². The Balaban J connectivity index is 1.83. The van der Waals surface area contributed by atoms with Crippen LogP contribution in [0.3, 0.4) is 0 Å². The van der Waals surface area contributed by atoms with Crippen LogP contribution in [-0.2, 0) is 0 Å². The van der Waals surface area contributed by atoms with Gasteiger partial charge in [-0.25, -0.2) is 0 Å². The summed E-state index contributed by atoms with van der Waals surface area (Å²) < 4.78 is 0. The minimum atomic E-state index is 0.383. The van der Waals surface area contributed by atoms with Crippen molar-refractivity contribution >= 4 is 0 Å². The van der Waals surface area contributed by atoms with E-state index in [4.69, 9.17) is 5.11 Å². The first-order valence-electron chi connectivity index (χ1n) is 6.73. The van der Waals surface area contributed by atoms with Gasteiger partial charge < -0.3 is 10.4 Å². The van der Waals surface area contributed by atoms with Crippen molar-refractivity contribution in [2.75, 3.05) is 19.7 Å². The monoisotopic (exact) mass is 211 g/mol. The molecule has 1 heterocycles. The lowest BCUT2D eigenvalue weighted by Crippen LogP contribution is -2.19. The van der Waals surface area contributed by atoms with Crippen molar-refractivity contribution in [3.8, 4) is 0 Å². The molecule has 0 spiro atoms. The van der Waals surface area contributed by atoms with E-state index in [9.17, 15) is 0 Å². The summed E-state index contributed by atoms with van der Waals surface area (Å²) in [5, 5.41) is 12.5. The van der Waals surface area contributed by atoms with Crippen LogP contribution in [0.4, 0.5) is 0 Å². The molecule has 1 aliphatic carbocycles. The van der Waals surface area contributed by atoms with Crippen LogP contribution in [0.15, 0.2) is 0 Å². The van der Waals surface area contributed by atoms with Gasteiger partial charge in [0, 0.05) is 6.61 Å². The third-order valence-corrected chi connectivity index (χ3v) is 4.15. The zero-order valence-corrected chi connectivity index (χ0v) is 9.75. The molecule has 0 aromatic carbocycles. The van der Waals surface area contributed by atoms with Gasteiger partial charge in [0.25, 0.3) is 0 Å². The quantitative estimate of drug-likeness (QED) is 0.730. The van der Waals surface area contributed by atoms with E-state index in [0.717, 1.165) is 24.2 Å². The van der Waals surface area contributed by atoms with Crippen molar-refractivity contribution in [3.63, 3.8) is 0 Å². The van der Waals surface area contributed by atoms with E-state index in [1.165, 1.54) is 51.6 Å². The normalized spacial score (nSPS) is 29.8. The lowest BCUT2D eigenvalue weighted by atomic mass is 9.80. The molecule has 0 amide bonds. The zero-order valence-electron chi connectivity index (χ0n) is 9.75. The van der Waals surface area contributed by atoms with E-state index < -0.39 is 0 Å². The lowest BCUT2D eigenvalue weighted by molar-refractivity contribution is 0.216. The summed E-state index contributed by atoms with van der Waals surface area (Å²) in [5.74, 6) is 2.88. The van der Waals surface area contributed by atoms with E-state index in [-0.39, 0.29) is 0 Å². The van der Waals surface area contributed by atoms with Crippen LogP contribution in [0.1, 0.15) is 44.9 Å². The van der Waals surface area contributed by atoms with Gasteiger partial charge >= 0.3 is 0 Å². The smallest absolute Gasteiger partial charge is 0.0431 e. The van der Waals surface area contributed by atoms with Crippen molar-refractivity contribution in [2.24, 2.45) is 17.8 Å². The maximum Gasteiger partial charge on any atom is 0.0431 e. The van der Waals surface area contributed by atoms with Gasteiger partial charge in [0.15, 0.2) is 0 Å². The molecule has 1 aliphatic heterocycles. The van der Waals surface area contributed by atoms with Crippen LogP contribution < -0.4 is 5.32 Å². The highest BCUT2D eigenvalue weighted by Gasteiger charge is 2.35. The highest BCUT2D eigenvalue weighted by Crippen LogP contribution is 2.45. The zero-order chi connectivity index (χ0) is 10.5. The summed E-state index contributed by atoms with van der Waals surface area (Å²) >= 11 is 0. The highest BCUT2D eigenvalue weighted by atomic mass is 16.2. The Kier molecular flexibility index (Phi) is 4.45. The molecule has 2 unspecified atom stereocenters. The van der Waals surface area contributed by atoms with Crippen molar-refractivity contribution in [1.82, 2.24) is 5.32 Å². The second kappa shape index (κ2) is 5.86. The fourth-order valence-electron chi connectivity index (χ4n) is 3.18. The molecule has 2 nitrogen and oxygen atoms in total. The summed E-state index contributed by atoms with van der Waals surface area (Å²) in [6.07, 6.45) is 9.34. The maximum atomic E-state index is 8.96. The van der Waals surface area contributed by atoms with E-state index in [1.807, 2.05) is 0 Å². The lowest BCUT2D eigenvalue weighted by Gasteiger charge is -2.25. The fourth-order valence-corrected chi connectivity index (χ4v) is 3.18. The number of aliphatic hydroxyl groups excluding tert-OH is 1. The van der Waals surface area contributed by atoms with E-state index in [1.54, 1.807) is 0 Å². The Labute approximate surface area is 93.5 Å². The highest BCUT2D eigenvalue weighted by molar-refractivity contribution is 4.86. The van der Waals surface area contributed by atoms with Crippen LogP contribution in [0.25, 0.3) is 0 Å². The summed E-state index contributed by atoms with van der Waals surface area (Å²) in [5.41, 5.74) is 0. The summed E-state index contributed by atoms with van der Waals surface area (Å²) in [7, 11) is 0. The first kappa shape index (κ1) is 11.4. The van der Waals surface area contributed by atoms with Crippen LogP contribution >= 0.6 is 0 Å². The first-order valence-corrected chi connectivity index (χ1v) is 6.73. The molecule has 2 atom stereocenters. The molecule has 2 N–H and O–H groups in total. The van der Waals surface area contributed by atoms with Crippen LogP contribution in [-0.4, -0.2) is 24.8 Å².